The Kier molecular flexibility index (Phi) is 3.99. The van der Waals surface area contributed by atoms with Crippen molar-refractivity contribution in [1.82, 2.24) is 15.4 Å². The van der Waals surface area contributed by atoms with Crippen LogP contribution in [0.5, 0.6) is 0 Å². The van der Waals surface area contributed by atoms with Gasteiger partial charge in [0.05, 0.1) is 5.69 Å². The van der Waals surface area contributed by atoms with Crippen molar-refractivity contribution >= 4 is 22.9 Å². The molecule has 1 fully saturated rings. The molecule has 2 aromatic rings. The minimum Gasteiger partial charge on any atom is -0.320 e. The van der Waals surface area contributed by atoms with Crippen molar-refractivity contribution in [3.8, 4) is 11.3 Å². The number of carbonyl (C=O) groups is 1. The Morgan fingerprint density at radius 2 is 2.29 bits per heavy atom. The van der Waals surface area contributed by atoms with Gasteiger partial charge in [0.2, 0.25) is 5.91 Å². The maximum absolute atomic E-state index is 11.7. The molecule has 0 radical (unpaired) electrons. The third kappa shape index (κ3) is 2.68. The molecule has 4 rings (SSSR count). The smallest absolute Gasteiger partial charge is 0.223 e. The van der Waals surface area contributed by atoms with E-state index in [0.29, 0.717) is 0 Å². The zero-order chi connectivity index (χ0) is 16.7. The molecule has 1 saturated heterocycles. The predicted octanol–water partition coefficient (Wildman–Crippen LogP) is 1.39. The molecule has 0 aliphatic carbocycles. The molecule has 3 heterocycles. The SMILES string of the molecule is CC(=O)N1CCc2cc(-c3cs/c(=N\C4CCNN4)n3C)ccc21. The van der Waals surface area contributed by atoms with Crippen LogP contribution in [-0.4, -0.2) is 29.7 Å². The molecule has 7 heteroatoms. The number of aromatic nitrogens is 1. The highest BCUT2D eigenvalue weighted by Crippen LogP contribution is 2.32. The number of anilines is 1. The molecule has 1 unspecified atom stereocenters. The zero-order valence-corrected chi connectivity index (χ0v) is 14.7. The van der Waals surface area contributed by atoms with Gasteiger partial charge in [-0.1, -0.05) is 6.07 Å². The third-order valence-corrected chi connectivity index (χ3v) is 5.58. The lowest BCUT2D eigenvalue weighted by Crippen LogP contribution is -2.30. The van der Waals surface area contributed by atoms with E-state index in [1.54, 1.807) is 18.3 Å². The van der Waals surface area contributed by atoms with E-state index in [1.807, 2.05) is 4.90 Å². The summed E-state index contributed by atoms with van der Waals surface area (Å²) >= 11 is 1.66. The highest BCUT2D eigenvalue weighted by molar-refractivity contribution is 7.07. The van der Waals surface area contributed by atoms with E-state index in [2.05, 4.69) is 46.0 Å². The van der Waals surface area contributed by atoms with Crippen LogP contribution in [0, 0.1) is 0 Å². The first-order valence-electron chi connectivity index (χ1n) is 8.21. The van der Waals surface area contributed by atoms with Gasteiger partial charge < -0.3 is 9.47 Å². The maximum atomic E-state index is 11.7. The molecule has 24 heavy (non-hydrogen) atoms. The number of thiazole rings is 1. The first kappa shape index (κ1) is 15.6. The second kappa shape index (κ2) is 6.16. The summed E-state index contributed by atoms with van der Waals surface area (Å²) in [6, 6.07) is 6.37. The van der Waals surface area contributed by atoms with Crippen LogP contribution in [0.3, 0.4) is 0 Å². The van der Waals surface area contributed by atoms with E-state index in [4.69, 9.17) is 4.99 Å². The Morgan fingerprint density at radius 1 is 1.42 bits per heavy atom. The molecular formula is C17H21N5OS. The molecule has 1 aromatic carbocycles. The number of hydrogen-bond acceptors (Lipinski definition) is 5. The largest absolute Gasteiger partial charge is 0.320 e. The second-order valence-corrected chi connectivity index (χ2v) is 7.07. The minimum atomic E-state index is 0.112. The maximum Gasteiger partial charge on any atom is 0.223 e. The summed E-state index contributed by atoms with van der Waals surface area (Å²) in [5.41, 5.74) is 10.9. The molecule has 0 spiro atoms. The molecule has 2 aliphatic heterocycles. The standard InChI is InChI=1S/C17H21N5OS/c1-11(23)22-8-6-13-9-12(3-4-14(13)22)15-10-24-17(21(15)2)19-16-5-7-18-20-16/h3-4,9-10,16,18,20H,5-8H2,1-2H3/b19-17-. The molecular weight excluding hydrogens is 322 g/mol. The Hall–Kier alpha value is -1.96. The van der Waals surface area contributed by atoms with Crippen molar-refractivity contribution in [3.63, 3.8) is 0 Å². The number of hydrazine groups is 1. The van der Waals surface area contributed by atoms with E-state index in [1.165, 1.54) is 11.1 Å². The number of amides is 1. The van der Waals surface area contributed by atoms with E-state index in [0.717, 1.165) is 42.1 Å². The van der Waals surface area contributed by atoms with Crippen molar-refractivity contribution in [2.75, 3.05) is 18.0 Å². The zero-order valence-electron chi connectivity index (χ0n) is 13.9. The van der Waals surface area contributed by atoms with Crippen molar-refractivity contribution < 1.29 is 4.79 Å². The summed E-state index contributed by atoms with van der Waals surface area (Å²) in [6.45, 7) is 3.36. The van der Waals surface area contributed by atoms with Gasteiger partial charge >= 0.3 is 0 Å². The van der Waals surface area contributed by atoms with Crippen LogP contribution < -0.4 is 20.6 Å². The van der Waals surface area contributed by atoms with Gasteiger partial charge in [-0.3, -0.25) is 10.2 Å². The summed E-state index contributed by atoms with van der Waals surface area (Å²) in [7, 11) is 2.06. The molecule has 2 aliphatic rings. The number of fused-ring (bicyclic) bond motifs is 1. The van der Waals surface area contributed by atoms with Crippen LogP contribution in [0.1, 0.15) is 18.9 Å². The molecule has 6 nitrogen and oxygen atoms in total. The average Bonchev–Trinajstić information content (AvgIpc) is 3.28. The second-order valence-electron chi connectivity index (χ2n) is 6.23. The van der Waals surface area contributed by atoms with Crippen molar-refractivity contribution in [2.45, 2.75) is 25.9 Å². The lowest BCUT2D eigenvalue weighted by molar-refractivity contribution is -0.116. The van der Waals surface area contributed by atoms with Crippen molar-refractivity contribution in [1.29, 1.82) is 0 Å². The summed E-state index contributed by atoms with van der Waals surface area (Å²) in [4.78, 5) is 19.3. The Bertz CT molecular complexity index is 847. The number of hydrogen-bond donors (Lipinski definition) is 2. The molecule has 1 aromatic heterocycles. The highest BCUT2D eigenvalue weighted by Gasteiger charge is 2.22. The van der Waals surface area contributed by atoms with Crippen LogP contribution in [0.4, 0.5) is 5.69 Å². The van der Waals surface area contributed by atoms with Crippen LogP contribution in [0.15, 0.2) is 28.6 Å². The lowest BCUT2D eigenvalue weighted by atomic mass is 10.1. The Morgan fingerprint density at radius 3 is 3.04 bits per heavy atom. The highest BCUT2D eigenvalue weighted by atomic mass is 32.1. The summed E-state index contributed by atoms with van der Waals surface area (Å²) in [5.74, 6) is 0.112. The van der Waals surface area contributed by atoms with Crippen LogP contribution in [-0.2, 0) is 18.3 Å². The average molecular weight is 343 g/mol. The molecule has 1 atom stereocenters. The van der Waals surface area contributed by atoms with Gasteiger partial charge in [0.15, 0.2) is 4.80 Å². The normalized spacial score (nSPS) is 20.7. The third-order valence-electron chi connectivity index (χ3n) is 4.65. The number of benzene rings is 1. The van der Waals surface area contributed by atoms with Crippen molar-refractivity contribution in [2.24, 2.45) is 12.0 Å². The molecule has 126 valence electrons. The Labute approximate surface area is 144 Å². The number of nitrogens with one attached hydrogen (secondary N) is 2. The molecule has 1 amide bonds. The Balaban J connectivity index is 1.68. The van der Waals surface area contributed by atoms with Crippen LogP contribution in [0.2, 0.25) is 0 Å². The summed E-state index contributed by atoms with van der Waals surface area (Å²) in [5, 5.41) is 2.15. The quantitative estimate of drug-likeness (QED) is 0.866. The van der Waals surface area contributed by atoms with Crippen LogP contribution in [0.25, 0.3) is 11.3 Å². The summed E-state index contributed by atoms with van der Waals surface area (Å²) < 4.78 is 2.14. The fourth-order valence-electron chi connectivity index (χ4n) is 3.34. The number of nitrogens with zero attached hydrogens (tertiary/aromatic N) is 3. The fraction of sp³-hybridized carbons (Fsp3) is 0.412. The van der Waals surface area contributed by atoms with Gasteiger partial charge in [-0.15, -0.1) is 11.3 Å². The van der Waals surface area contributed by atoms with Gasteiger partial charge in [0.25, 0.3) is 0 Å². The van der Waals surface area contributed by atoms with Crippen molar-refractivity contribution in [3.05, 3.63) is 33.9 Å². The summed E-state index contributed by atoms with van der Waals surface area (Å²) in [6.07, 6.45) is 2.07. The monoisotopic (exact) mass is 343 g/mol. The lowest BCUT2D eigenvalue weighted by Gasteiger charge is -2.15. The van der Waals surface area contributed by atoms with Gasteiger partial charge in [-0.25, -0.2) is 10.4 Å². The first-order valence-corrected chi connectivity index (χ1v) is 9.09. The van der Waals surface area contributed by atoms with Gasteiger partial charge in [0, 0.05) is 38.1 Å². The van der Waals surface area contributed by atoms with Gasteiger partial charge in [0.1, 0.15) is 6.17 Å². The number of rotatable bonds is 2. The first-order chi connectivity index (χ1) is 11.6. The van der Waals surface area contributed by atoms with E-state index < -0.39 is 0 Å². The van der Waals surface area contributed by atoms with Gasteiger partial charge in [-0.2, -0.15) is 0 Å². The topological polar surface area (TPSA) is 61.7 Å². The van der Waals surface area contributed by atoms with Crippen LogP contribution >= 0.6 is 11.3 Å². The van der Waals surface area contributed by atoms with E-state index in [-0.39, 0.29) is 12.1 Å². The van der Waals surface area contributed by atoms with E-state index in [9.17, 15) is 4.79 Å². The fourth-order valence-corrected chi connectivity index (χ4v) is 4.29. The molecule has 2 N–H and O–H groups in total. The van der Waals surface area contributed by atoms with E-state index >= 15 is 0 Å². The van der Waals surface area contributed by atoms with Gasteiger partial charge in [-0.05, 0) is 36.1 Å². The molecule has 0 bridgehead atoms. The minimum absolute atomic E-state index is 0.112. The molecule has 0 saturated carbocycles. The predicted molar refractivity (Wildman–Crippen MR) is 95.6 cm³/mol. The number of carbonyl (C=O) groups excluding carboxylic acids is 1.